The fraction of sp³-hybridized carbons (Fsp3) is 0.200. The SMILES string of the molecule is CCCc1cc(=O)oc2cc(OC(=O)c3cccnc3)cc(OC(C)=O)c12. The average Bonchev–Trinajstić information content (AvgIpc) is 2.61. The quantitative estimate of drug-likeness (QED) is 0.388. The Hall–Kier alpha value is -3.48. The number of aryl methyl sites for hydroxylation is 1. The molecule has 0 aliphatic heterocycles. The number of carbonyl (C=O) groups excluding carboxylic acids is 2. The molecule has 0 atom stereocenters. The molecule has 138 valence electrons. The lowest BCUT2D eigenvalue weighted by atomic mass is 10.0. The van der Waals surface area contributed by atoms with Crippen LogP contribution in [0.2, 0.25) is 0 Å². The van der Waals surface area contributed by atoms with Crippen molar-refractivity contribution in [1.82, 2.24) is 4.98 Å². The minimum atomic E-state index is -0.636. The van der Waals surface area contributed by atoms with E-state index in [1.807, 2.05) is 6.92 Å². The molecule has 7 heteroatoms. The minimum absolute atomic E-state index is 0.0874. The summed E-state index contributed by atoms with van der Waals surface area (Å²) in [5.74, 6) is -0.922. The highest BCUT2D eigenvalue weighted by Crippen LogP contribution is 2.34. The highest BCUT2D eigenvalue weighted by Gasteiger charge is 2.17. The van der Waals surface area contributed by atoms with Crippen molar-refractivity contribution in [2.45, 2.75) is 26.7 Å². The van der Waals surface area contributed by atoms with E-state index in [0.29, 0.717) is 17.4 Å². The van der Waals surface area contributed by atoms with Gasteiger partial charge in [-0.25, -0.2) is 9.59 Å². The van der Waals surface area contributed by atoms with Gasteiger partial charge in [0.05, 0.1) is 10.9 Å². The lowest BCUT2D eigenvalue weighted by Crippen LogP contribution is -2.10. The van der Waals surface area contributed by atoms with Gasteiger partial charge in [0.2, 0.25) is 0 Å². The van der Waals surface area contributed by atoms with Crippen molar-refractivity contribution in [2.75, 3.05) is 0 Å². The molecular formula is C20H17NO6. The van der Waals surface area contributed by atoms with Gasteiger partial charge in [-0.05, 0) is 24.1 Å². The Morgan fingerprint density at radius 2 is 2.00 bits per heavy atom. The summed E-state index contributed by atoms with van der Waals surface area (Å²) < 4.78 is 15.9. The van der Waals surface area contributed by atoms with Gasteiger partial charge in [-0.3, -0.25) is 9.78 Å². The number of aromatic nitrogens is 1. The molecule has 0 spiro atoms. The number of rotatable bonds is 5. The van der Waals surface area contributed by atoms with Crippen LogP contribution in [0.5, 0.6) is 11.5 Å². The zero-order valence-corrected chi connectivity index (χ0v) is 14.9. The van der Waals surface area contributed by atoms with Crippen LogP contribution in [0.1, 0.15) is 36.2 Å². The fourth-order valence-corrected chi connectivity index (χ4v) is 2.73. The average molecular weight is 367 g/mol. The van der Waals surface area contributed by atoms with Crippen LogP contribution in [0.3, 0.4) is 0 Å². The van der Waals surface area contributed by atoms with Gasteiger partial charge in [-0.15, -0.1) is 0 Å². The number of fused-ring (bicyclic) bond motifs is 1. The van der Waals surface area contributed by atoms with Gasteiger partial charge in [-0.2, -0.15) is 0 Å². The summed E-state index contributed by atoms with van der Waals surface area (Å²) in [5, 5.41) is 0.507. The molecule has 2 heterocycles. The number of pyridine rings is 1. The second-order valence-electron chi connectivity index (χ2n) is 5.86. The molecule has 0 radical (unpaired) electrons. The van der Waals surface area contributed by atoms with Gasteiger partial charge in [0.1, 0.15) is 17.1 Å². The van der Waals surface area contributed by atoms with Gasteiger partial charge in [-0.1, -0.05) is 13.3 Å². The van der Waals surface area contributed by atoms with E-state index in [2.05, 4.69) is 4.98 Å². The van der Waals surface area contributed by atoms with Crippen LogP contribution in [-0.2, 0) is 11.2 Å². The Morgan fingerprint density at radius 3 is 2.67 bits per heavy atom. The summed E-state index contributed by atoms with van der Waals surface area (Å²) in [6.45, 7) is 3.23. The molecule has 3 aromatic rings. The molecule has 27 heavy (non-hydrogen) atoms. The van der Waals surface area contributed by atoms with E-state index in [9.17, 15) is 14.4 Å². The van der Waals surface area contributed by atoms with Crippen LogP contribution >= 0.6 is 0 Å². The number of esters is 2. The van der Waals surface area contributed by atoms with Crippen LogP contribution in [0.15, 0.2) is 51.9 Å². The molecular weight excluding hydrogens is 350 g/mol. The Bertz CT molecular complexity index is 1060. The van der Waals surface area contributed by atoms with Crippen molar-refractivity contribution in [2.24, 2.45) is 0 Å². The van der Waals surface area contributed by atoms with Crippen LogP contribution in [0.25, 0.3) is 11.0 Å². The van der Waals surface area contributed by atoms with Crippen LogP contribution in [0.4, 0.5) is 0 Å². The van der Waals surface area contributed by atoms with E-state index >= 15 is 0 Å². The Labute approximate surface area is 154 Å². The molecule has 0 saturated carbocycles. The third kappa shape index (κ3) is 4.20. The predicted octanol–water partition coefficient (Wildman–Crippen LogP) is 3.29. The fourth-order valence-electron chi connectivity index (χ4n) is 2.73. The molecule has 2 aromatic heterocycles. The van der Waals surface area contributed by atoms with Crippen LogP contribution in [0, 0.1) is 0 Å². The molecule has 0 unspecified atom stereocenters. The molecule has 0 aliphatic carbocycles. The molecule has 1 aromatic carbocycles. The molecule has 0 fully saturated rings. The topological polar surface area (TPSA) is 95.7 Å². The maximum absolute atomic E-state index is 12.3. The van der Waals surface area contributed by atoms with Gasteiger partial charge in [0.25, 0.3) is 0 Å². The number of hydrogen-bond donors (Lipinski definition) is 0. The minimum Gasteiger partial charge on any atom is -0.426 e. The first-order valence-electron chi connectivity index (χ1n) is 8.39. The molecule has 0 saturated heterocycles. The van der Waals surface area contributed by atoms with Gasteiger partial charge in [0.15, 0.2) is 0 Å². The first-order chi connectivity index (χ1) is 13.0. The van der Waals surface area contributed by atoms with Crippen LogP contribution in [-0.4, -0.2) is 16.9 Å². The van der Waals surface area contributed by atoms with E-state index in [-0.39, 0.29) is 22.6 Å². The van der Waals surface area contributed by atoms with Crippen molar-refractivity contribution in [3.63, 3.8) is 0 Å². The van der Waals surface area contributed by atoms with E-state index in [1.54, 1.807) is 12.1 Å². The first kappa shape index (κ1) is 18.3. The largest absolute Gasteiger partial charge is 0.426 e. The lowest BCUT2D eigenvalue weighted by Gasteiger charge is -2.12. The predicted molar refractivity (Wildman–Crippen MR) is 97.0 cm³/mol. The first-order valence-corrected chi connectivity index (χ1v) is 8.39. The summed E-state index contributed by atoms with van der Waals surface area (Å²) in [7, 11) is 0. The molecule has 0 amide bonds. The Morgan fingerprint density at radius 1 is 1.19 bits per heavy atom. The number of benzene rings is 1. The smallest absolute Gasteiger partial charge is 0.345 e. The van der Waals surface area contributed by atoms with E-state index < -0.39 is 17.6 Å². The van der Waals surface area contributed by atoms with Gasteiger partial charge >= 0.3 is 17.6 Å². The standard InChI is InChI=1S/C20H17NO6/c1-3-5-13-8-18(23)27-17-10-15(9-16(19(13)17)25-12(2)22)26-20(24)14-6-4-7-21-11-14/h4,6-11H,3,5H2,1-2H3. The highest BCUT2D eigenvalue weighted by molar-refractivity contribution is 5.93. The van der Waals surface area contributed by atoms with Crippen molar-refractivity contribution in [3.05, 3.63) is 64.3 Å². The molecule has 0 aliphatic rings. The molecule has 3 rings (SSSR count). The maximum atomic E-state index is 12.3. The molecule has 0 bridgehead atoms. The third-order valence-corrected chi connectivity index (χ3v) is 3.74. The van der Waals surface area contributed by atoms with E-state index in [0.717, 1.165) is 6.42 Å². The number of hydrogen-bond acceptors (Lipinski definition) is 7. The third-order valence-electron chi connectivity index (χ3n) is 3.74. The Balaban J connectivity index is 2.10. The summed E-state index contributed by atoms with van der Waals surface area (Å²) in [6.07, 6.45) is 4.30. The molecule has 0 N–H and O–H groups in total. The maximum Gasteiger partial charge on any atom is 0.345 e. The van der Waals surface area contributed by atoms with Crippen LogP contribution < -0.4 is 15.1 Å². The van der Waals surface area contributed by atoms with Crippen molar-refractivity contribution in [3.8, 4) is 11.5 Å². The second kappa shape index (κ2) is 7.82. The van der Waals surface area contributed by atoms with E-state index in [4.69, 9.17) is 13.9 Å². The summed E-state index contributed by atoms with van der Waals surface area (Å²) in [6, 6.07) is 7.40. The summed E-state index contributed by atoms with van der Waals surface area (Å²) in [5.41, 5.74) is 0.604. The normalized spacial score (nSPS) is 10.6. The summed E-state index contributed by atoms with van der Waals surface area (Å²) >= 11 is 0. The number of carbonyl (C=O) groups is 2. The second-order valence-corrected chi connectivity index (χ2v) is 5.86. The zero-order valence-electron chi connectivity index (χ0n) is 14.9. The lowest BCUT2D eigenvalue weighted by molar-refractivity contribution is -0.131. The van der Waals surface area contributed by atoms with E-state index in [1.165, 1.54) is 37.5 Å². The van der Waals surface area contributed by atoms with Gasteiger partial charge < -0.3 is 13.9 Å². The van der Waals surface area contributed by atoms with Crippen molar-refractivity contribution in [1.29, 1.82) is 0 Å². The number of nitrogens with zero attached hydrogens (tertiary/aromatic N) is 1. The highest BCUT2D eigenvalue weighted by atomic mass is 16.5. The van der Waals surface area contributed by atoms with Crippen molar-refractivity contribution >= 4 is 22.9 Å². The monoisotopic (exact) mass is 367 g/mol. The van der Waals surface area contributed by atoms with Crippen molar-refractivity contribution < 1.29 is 23.5 Å². The molecule has 7 nitrogen and oxygen atoms in total. The zero-order chi connectivity index (χ0) is 19.4. The number of ether oxygens (including phenoxy) is 2. The van der Waals surface area contributed by atoms with Gasteiger partial charge in [0, 0.05) is 37.5 Å². The summed E-state index contributed by atoms with van der Waals surface area (Å²) in [4.78, 5) is 39.5. The Kier molecular flexibility index (Phi) is 5.30.